The molecule has 2 rings (SSSR count). The number of hydrogen-bond acceptors (Lipinski definition) is 1. The largest absolute Gasteiger partial charge is 0.469 e. The molecule has 0 unspecified atom stereocenters. The molecule has 0 bridgehead atoms. The number of furan rings is 1. The summed E-state index contributed by atoms with van der Waals surface area (Å²) in [5, 5.41) is 0. The average molecular weight is 186 g/mol. The van der Waals surface area contributed by atoms with Crippen LogP contribution in [0.2, 0.25) is 0 Å². The van der Waals surface area contributed by atoms with E-state index in [2.05, 4.69) is 32.0 Å². The zero-order valence-corrected chi connectivity index (χ0v) is 8.58. The molecule has 72 valence electrons. The van der Waals surface area contributed by atoms with Crippen LogP contribution in [0.5, 0.6) is 0 Å². The van der Waals surface area contributed by atoms with Crippen LogP contribution in [0.4, 0.5) is 0 Å². The van der Waals surface area contributed by atoms with Gasteiger partial charge in [-0.25, -0.2) is 0 Å². The molecule has 0 aliphatic heterocycles. The molecular weight excluding hydrogens is 172 g/mol. The lowest BCUT2D eigenvalue weighted by Crippen LogP contribution is -1.88. The lowest BCUT2D eigenvalue weighted by atomic mass is 10.0. The second-order valence-electron chi connectivity index (χ2n) is 3.67. The van der Waals surface area contributed by atoms with E-state index in [1.165, 1.54) is 16.7 Å². The first-order chi connectivity index (χ1) is 6.75. The van der Waals surface area contributed by atoms with Crippen LogP contribution in [-0.2, 0) is 6.42 Å². The van der Waals surface area contributed by atoms with Gasteiger partial charge in [0, 0.05) is 6.42 Å². The molecule has 1 heteroatoms. The maximum atomic E-state index is 5.31. The molecule has 0 aliphatic rings. The molecular formula is C13H14O. The first-order valence-electron chi connectivity index (χ1n) is 4.84. The van der Waals surface area contributed by atoms with Gasteiger partial charge in [-0.15, -0.1) is 0 Å². The van der Waals surface area contributed by atoms with Crippen molar-refractivity contribution in [2.45, 2.75) is 20.3 Å². The third kappa shape index (κ3) is 1.87. The highest BCUT2D eigenvalue weighted by Crippen LogP contribution is 2.14. The van der Waals surface area contributed by atoms with Gasteiger partial charge in [0.2, 0.25) is 0 Å². The molecule has 1 aromatic carbocycles. The average Bonchev–Trinajstić information content (AvgIpc) is 2.64. The lowest BCUT2D eigenvalue weighted by Gasteiger charge is -2.03. The van der Waals surface area contributed by atoms with Crippen LogP contribution in [0.1, 0.15) is 22.5 Å². The summed E-state index contributed by atoms with van der Waals surface area (Å²) in [5.41, 5.74) is 3.99. The molecule has 0 saturated carbocycles. The zero-order valence-electron chi connectivity index (χ0n) is 8.58. The lowest BCUT2D eigenvalue weighted by molar-refractivity contribution is 0.521. The number of benzene rings is 1. The zero-order chi connectivity index (χ0) is 9.97. The van der Waals surface area contributed by atoms with Crippen LogP contribution in [-0.4, -0.2) is 0 Å². The van der Waals surface area contributed by atoms with Gasteiger partial charge in [0.05, 0.1) is 6.26 Å². The highest BCUT2D eigenvalue weighted by atomic mass is 16.3. The van der Waals surface area contributed by atoms with Crippen molar-refractivity contribution in [3.63, 3.8) is 0 Å². The van der Waals surface area contributed by atoms with E-state index in [1.54, 1.807) is 6.26 Å². The molecule has 1 heterocycles. The van der Waals surface area contributed by atoms with Crippen molar-refractivity contribution in [2.24, 2.45) is 0 Å². The molecule has 0 N–H and O–H groups in total. The monoisotopic (exact) mass is 186 g/mol. The third-order valence-corrected chi connectivity index (χ3v) is 2.53. The van der Waals surface area contributed by atoms with E-state index in [1.807, 2.05) is 12.1 Å². The number of aryl methyl sites for hydroxylation is 2. The molecule has 0 amide bonds. The minimum Gasteiger partial charge on any atom is -0.469 e. The molecule has 0 spiro atoms. The van der Waals surface area contributed by atoms with E-state index in [4.69, 9.17) is 4.42 Å². The summed E-state index contributed by atoms with van der Waals surface area (Å²) in [4.78, 5) is 0. The van der Waals surface area contributed by atoms with Crippen LogP contribution < -0.4 is 0 Å². The van der Waals surface area contributed by atoms with Gasteiger partial charge in [-0.2, -0.15) is 0 Å². The van der Waals surface area contributed by atoms with Gasteiger partial charge >= 0.3 is 0 Å². The topological polar surface area (TPSA) is 13.1 Å². The fourth-order valence-electron chi connectivity index (χ4n) is 1.53. The van der Waals surface area contributed by atoms with Crippen LogP contribution in [0, 0.1) is 13.8 Å². The molecule has 2 aromatic rings. The second kappa shape index (κ2) is 3.70. The maximum absolute atomic E-state index is 5.31. The Morgan fingerprint density at radius 1 is 1.07 bits per heavy atom. The van der Waals surface area contributed by atoms with Crippen molar-refractivity contribution in [1.82, 2.24) is 0 Å². The number of hydrogen-bond donors (Lipinski definition) is 0. The molecule has 1 aromatic heterocycles. The third-order valence-electron chi connectivity index (χ3n) is 2.53. The van der Waals surface area contributed by atoms with Crippen LogP contribution in [0.15, 0.2) is 41.0 Å². The molecule has 0 saturated heterocycles. The Balaban J connectivity index is 2.22. The first-order valence-corrected chi connectivity index (χ1v) is 4.84. The fraction of sp³-hybridized carbons (Fsp3) is 0.231. The van der Waals surface area contributed by atoms with Gasteiger partial charge in [-0.05, 0) is 42.7 Å². The predicted octanol–water partition coefficient (Wildman–Crippen LogP) is 3.49. The Kier molecular flexibility index (Phi) is 2.40. The number of rotatable bonds is 2. The van der Waals surface area contributed by atoms with Gasteiger partial charge in [-0.1, -0.05) is 18.2 Å². The van der Waals surface area contributed by atoms with E-state index in [0.717, 1.165) is 12.2 Å². The molecule has 0 atom stereocenters. The molecule has 0 radical (unpaired) electrons. The first kappa shape index (κ1) is 9.07. The molecule has 1 nitrogen and oxygen atoms in total. The summed E-state index contributed by atoms with van der Waals surface area (Å²) in [6.45, 7) is 4.27. The van der Waals surface area contributed by atoms with Crippen molar-refractivity contribution in [2.75, 3.05) is 0 Å². The Labute approximate surface area is 84.4 Å². The van der Waals surface area contributed by atoms with Gasteiger partial charge in [0.25, 0.3) is 0 Å². The minimum absolute atomic E-state index is 0.883. The van der Waals surface area contributed by atoms with E-state index in [0.29, 0.717) is 0 Å². The second-order valence-corrected chi connectivity index (χ2v) is 3.67. The smallest absolute Gasteiger partial charge is 0.108 e. The van der Waals surface area contributed by atoms with Crippen molar-refractivity contribution in [3.05, 3.63) is 59.0 Å². The maximum Gasteiger partial charge on any atom is 0.108 e. The summed E-state index contributed by atoms with van der Waals surface area (Å²) in [6, 6.07) is 10.5. The molecule has 0 aliphatic carbocycles. The summed E-state index contributed by atoms with van der Waals surface area (Å²) < 4.78 is 5.31. The normalized spacial score (nSPS) is 10.4. The SMILES string of the molecule is Cc1ccc(Cc2ccco2)cc1C. The Morgan fingerprint density at radius 3 is 2.57 bits per heavy atom. The Morgan fingerprint density at radius 2 is 1.93 bits per heavy atom. The predicted molar refractivity (Wildman–Crippen MR) is 57.4 cm³/mol. The minimum atomic E-state index is 0.883. The fourth-order valence-corrected chi connectivity index (χ4v) is 1.53. The molecule has 14 heavy (non-hydrogen) atoms. The van der Waals surface area contributed by atoms with Gasteiger partial charge in [0.15, 0.2) is 0 Å². The summed E-state index contributed by atoms with van der Waals surface area (Å²) in [5.74, 6) is 1.02. The van der Waals surface area contributed by atoms with Crippen molar-refractivity contribution in [3.8, 4) is 0 Å². The van der Waals surface area contributed by atoms with Gasteiger partial charge < -0.3 is 4.42 Å². The van der Waals surface area contributed by atoms with E-state index in [-0.39, 0.29) is 0 Å². The van der Waals surface area contributed by atoms with Gasteiger partial charge in [0.1, 0.15) is 5.76 Å². The standard InChI is InChI=1S/C13H14O/c1-10-5-6-12(8-11(10)2)9-13-4-3-7-14-13/h3-8H,9H2,1-2H3. The van der Waals surface area contributed by atoms with Crippen LogP contribution in [0.3, 0.4) is 0 Å². The van der Waals surface area contributed by atoms with Crippen molar-refractivity contribution in [1.29, 1.82) is 0 Å². The van der Waals surface area contributed by atoms with Gasteiger partial charge in [-0.3, -0.25) is 0 Å². The molecule has 0 fully saturated rings. The van der Waals surface area contributed by atoms with Crippen molar-refractivity contribution < 1.29 is 4.42 Å². The van der Waals surface area contributed by atoms with Crippen molar-refractivity contribution >= 4 is 0 Å². The summed E-state index contributed by atoms with van der Waals surface area (Å²) in [6.07, 6.45) is 2.60. The summed E-state index contributed by atoms with van der Waals surface area (Å²) in [7, 11) is 0. The van der Waals surface area contributed by atoms with E-state index >= 15 is 0 Å². The quantitative estimate of drug-likeness (QED) is 0.699. The van der Waals surface area contributed by atoms with Crippen LogP contribution in [0.25, 0.3) is 0 Å². The van der Waals surface area contributed by atoms with E-state index < -0.39 is 0 Å². The highest BCUT2D eigenvalue weighted by molar-refractivity contribution is 5.31. The van der Waals surface area contributed by atoms with Crippen LogP contribution >= 0.6 is 0 Å². The Bertz CT molecular complexity index is 413. The van der Waals surface area contributed by atoms with E-state index in [9.17, 15) is 0 Å². The Hall–Kier alpha value is -1.50. The summed E-state index contributed by atoms with van der Waals surface area (Å²) >= 11 is 0. The highest BCUT2D eigenvalue weighted by Gasteiger charge is 2.00.